The summed E-state index contributed by atoms with van der Waals surface area (Å²) >= 11 is 0. The molecule has 0 bridgehead atoms. The number of carbonyl (C=O) groups excluding carboxylic acids is 2. The number of benzene rings is 3. The van der Waals surface area contributed by atoms with Crippen LogP contribution in [0.3, 0.4) is 0 Å². The van der Waals surface area contributed by atoms with Crippen LogP contribution in [0.5, 0.6) is 11.5 Å². The largest absolute Gasteiger partial charge is 0.507 e. The van der Waals surface area contributed by atoms with Crippen molar-refractivity contribution in [2.75, 3.05) is 0 Å². The standard InChI is InChI=1S/C28H27NO5/c1-4-6-25-26(14-13-24(18(2)30)27(25)32)33-17-20-9-11-22(12-10-20)28(34-19(3)31)23-8-5-7-21(15-23)16-29/h5,7-15,28,32H,4,6,17H2,1-3H3. The van der Waals surface area contributed by atoms with Crippen LogP contribution in [0.25, 0.3) is 0 Å². The number of phenolic OH excluding ortho intramolecular Hbond substituents is 1. The number of phenols is 1. The van der Waals surface area contributed by atoms with Crippen molar-refractivity contribution in [1.29, 1.82) is 5.26 Å². The summed E-state index contributed by atoms with van der Waals surface area (Å²) in [7, 11) is 0. The zero-order valence-electron chi connectivity index (χ0n) is 19.5. The van der Waals surface area contributed by atoms with E-state index >= 15 is 0 Å². The SMILES string of the molecule is CCCc1c(OCc2ccc(C(OC(C)=O)c3cccc(C#N)c3)cc2)ccc(C(C)=O)c1O. The summed E-state index contributed by atoms with van der Waals surface area (Å²) in [5, 5.41) is 19.7. The van der Waals surface area contributed by atoms with Gasteiger partial charge in [-0.05, 0) is 54.3 Å². The van der Waals surface area contributed by atoms with Crippen LogP contribution in [0.4, 0.5) is 0 Å². The predicted molar refractivity (Wildman–Crippen MR) is 128 cm³/mol. The number of Topliss-reactive ketones (excluding diaryl/α,β-unsaturated/α-hetero) is 1. The maximum Gasteiger partial charge on any atom is 0.303 e. The molecule has 0 spiro atoms. The van der Waals surface area contributed by atoms with E-state index in [4.69, 9.17) is 9.47 Å². The summed E-state index contributed by atoms with van der Waals surface area (Å²) in [4.78, 5) is 23.5. The van der Waals surface area contributed by atoms with Crippen molar-refractivity contribution in [3.8, 4) is 17.6 Å². The number of aromatic hydroxyl groups is 1. The molecule has 1 atom stereocenters. The highest BCUT2D eigenvalue weighted by Gasteiger charge is 2.19. The van der Waals surface area contributed by atoms with E-state index in [1.807, 2.05) is 37.3 Å². The zero-order chi connectivity index (χ0) is 24.7. The molecule has 0 amide bonds. The first-order chi connectivity index (χ1) is 16.3. The number of hydrogen-bond acceptors (Lipinski definition) is 6. The van der Waals surface area contributed by atoms with E-state index in [-0.39, 0.29) is 23.7 Å². The second-order valence-corrected chi connectivity index (χ2v) is 8.00. The second kappa shape index (κ2) is 11.2. The van der Waals surface area contributed by atoms with Crippen molar-refractivity contribution >= 4 is 11.8 Å². The van der Waals surface area contributed by atoms with Gasteiger partial charge in [-0.15, -0.1) is 0 Å². The minimum atomic E-state index is -0.631. The smallest absolute Gasteiger partial charge is 0.303 e. The quantitative estimate of drug-likeness (QED) is 0.329. The minimum absolute atomic E-state index is 0.0222. The molecule has 174 valence electrons. The van der Waals surface area contributed by atoms with Crippen molar-refractivity contribution in [2.45, 2.75) is 46.3 Å². The molecule has 0 radical (unpaired) electrons. The Morgan fingerprint density at radius 2 is 1.76 bits per heavy atom. The molecular formula is C28H27NO5. The monoisotopic (exact) mass is 457 g/mol. The van der Waals surface area contributed by atoms with Crippen LogP contribution in [0.1, 0.15) is 71.5 Å². The molecule has 34 heavy (non-hydrogen) atoms. The number of nitrogens with zero attached hydrogens (tertiary/aromatic N) is 1. The van der Waals surface area contributed by atoms with Crippen molar-refractivity contribution < 1.29 is 24.2 Å². The van der Waals surface area contributed by atoms with Gasteiger partial charge in [0.05, 0.1) is 17.2 Å². The lowest BCUT2D eigenvalue weighted by atomic mass is 9.98. The van der Waals surface area contributed by atoms with Gasteiger partial charge in [-0.1, -0.05) is 49.7 Å². The lowest BCUT2D eigenvalue weighted by Crippen LogP contribution is -2.10. The van der Waals surface area contributed by atoms with Crippen molar-refractivity contribution in [3.63, 3.8) is 0 Å². The molecule has 0 aliphatic rings. The van der Waals surface area contributed by atoms with E-state index in [1.165, 1.54) is 13.8 Å². The fraction of sp³-hybridized carbons (Fsp3) is 0.250. The first kappa shape index (κ1) is 24.5. The maximum atomic E-state index is 11.8. The molecule has 0 aliphatic carbocycles. The van der Waals surface area contributed by atoms with Crippen molar-refractivity contribution in [3.05, 3.63) is 94.0 Å². The third-order valence-electron chi connectivity index (χ3n) is 5.40. The summed E-state index contributed by atoms with van der Waals surface area (Å²) in [6, 6.07) is 19.8. The summed E-state index contributed by atoms with van der Waals surface area (Å²) in [5.41, 5.74) is 3.76. The van der Waals surface area contributed by atoms with E-state index < -0.39 is 12.1 Å². The van der Waals surface area contributed by atoms with Gasteiger partial charge in [0.25, 0.3) is 0 Å². The van der Waals surface area contributed by atoms with Gasteiger partial charge in [-0.25, -0.2) is 0 Å². The van der Waals surface area contributed by atoms with Gasteiger partial charge in [-0.2, -0.15) is 5.26 Å². The van der Waals surface area contributed by atoms with E-state index in [0.717, 1.165) is 17.5 Å². The molecule has 1 N–H and O–H groups in total. The van der Waals surface area contributed by atoms with Gasteiger partial charge in [-0.3, -0.25) is 9.59 Å². The summed E-state index contributed by atoms with van der Waals surface area (Å²) in [5.74, 6) is -0.0952. The molecule has 3 aromatic carbocycles. The average Bonchev–Trinajstić information content (AvgIpc) is 2.83. The highest BCUT2D eigenvalue weighted by molar-refractivity contribution is 5.97. The first-order valence-electron chi connectivity index (χ1n) is 11.1. The molecule has 0 saturated heterocycles. The highest BCUT2D eigenvalue weighted by atomic mass is 16.5. The summed E-state index contributed by atoms with van der Waals surface area (Å²) in [6.45, 7) is 5.03. The Morgan fingerprint density at radius 3 is 2.38 bits per heavy atom. The fourth-order valence-electron chi connectivity index (χ4n) is 3.74. The number of nitriles is 1. The van der Waals surface area contributed by atoms with Crippen LogP contribution in [-0.4, -0.2) is 16.9 Å². The van der Waals surface area contributed by atoms with Gasteiger partial charge in [0.2, 0.25) is 0 Å². The second-order valence-electron chi connectivity index (χ2n) is 8.00. The lowest BCUT2D eigenvalue weighted by molar-refractivity contribution is -0.144. The Balaban J connectivity index is 1.81. The molecule has 3 aromatic rings. The Hall–Kier alpha value is -4.11. The maximum absolute atomic E-state index is 11.8. The van der Waals surface area contributed by atoms with E-state index in [1.54, 1.807) is 30.3 Å². The zero-order valence-corrected chi connectivity index (χ0v) is 19.5. The van der Waals surface area contributed by atoms with E-state index in [9.17, 15) is 20.0 Å². The van der Waals surface area contributed by atoms with Gasteiger partial charge in [0, 0.05) is 12.5 Å². The van der Waals surface area contributed by atoms with Crippen LogP contribution >= 0.6 is 0 Å². The average molecular weight is 458 g/mol. The molecule has 1 unspecified atom stereocenters. The number of carbonyl (C=O) groups is 2. The molecule has 0 heterocycles. The summed E-state index contributed by atoms with van der Waals surface area (Å²) < 4.78 is 11.5. The van der Waals surface area contributed by atoms with Crippen molar-refractivity contribution in [1.82, 2.24) is 0 Å². The third-order valence-corrected chi connectivity index (χ3v) is 5.40. The van der Waals surface area contributed by atoms with E-state index in [0.29, 0.717) is 28.9 Å². The molecule has 3 rings (SSSR count). The van der Waals surface area contributed by atoms with Gasteiger partial charge in [0.15, 0.2) is 11.9 Å². The normalized spacial score (nSPS) is 11.4. The van der Waals surface area contributed by atoms with Crippen LogP contribution in [0.2, 0.25) is 0 Å². The highest BCUT2D eigenvalue weighted by Crippen LogP contribution is 2.34. The van der Waals surface area contributed by atoms with Crippen LogP contribution < -0.4 is 4.74 Å². The number of esters is 1. The van der Waals surface area contributed by atoms with Crippen LogP contribution in [0, 0.1) is 11.3 Å². The van der Waals surface area contributed by atoms with Crippen molar-refractivity contribution in [2.24, 2.45) is 0 Å². The van der Waals surface area contributed by atoms with E-state index in [2.05, 4.69) is 6.07 Å². The van der Waals surface area contributed by atoms with Gasteiger partial charge in [0.1, 0.15) is 18.1 Å². The summed E-state index contributed by atoms with van der Waals surface area (Å²) in [6.07, 6.45) is 0.755. The lowest BCUT2D eigenvalue weighted by Gasteiger charge is -2.19. The Morgan fingerprint density at radius 1 is 1.03 bits per heavy atom. The van der Waals surface area contributed by atoms with Gasteiger partial charge >= 0.3 is 5.97 Å². The minimum Gasteiger partial charge on any atom is -0.507 e. The number of ketones is 1. The molecule has 6 heteroatoms. The Labute approximate surface area is 199 Å². The molecule has 0 fully saturated rings. The molecule has 0 saturated carbocycles. The fourth-order valence-corrected chi connectivity index (χ4v) is 3.74. The Kier molecular flexibility index (Phi) is 8.05. The first-order valence-corrected chi connectivity index (χ1v) is 11.1. The number of rotatable bonds is 9. The predicted octanol–water partition coefficient (Wildman–Crippen LogP) is 5.65. The number of hydrogen-bond donors (Lipinski definition) is 1. The third kappa shape index (κ3) is 5.81. The molecular weight excluding hydrogens is 430 g/mol. The Bertz CT molecular complexity index is 1220. The molecule has 0 aromatic heterocycles. The molecule has 6 nitrogen and oxygen atoms in total. The number of ether oxygens (including phenoxy) is 2. The topological polar surface area (TPSA) is 96.6 Å². The van der Waals surface area contributed by atoms with Crippen LogP contribution in [-0.2, 0) is 22.6 Å². The van der Waals surface area contributed by atoms with Crippen LogP contribution in [0.15, 0.2) is 60.7 Å². The molecule has 0 aliphatic heterocycles. The van der Waals surface area contributed by atoms with Gasteiger partial charge < -0.3 is 14.6 Å².